The van der Waals surface area contributed by atoms with Crippen molar-refractivity contribution in [2.24, 2.45) is 17.9 Å². The van der Waals surface area contributed by atoms with E-state index in [0.717, 1.165) is 18.6 Å². The minimum atomic E-state index is -4.11. The van der Waals surface area contributed by atoms with Gasteiger partial charge in [-0.05, 0) is 30.7 Å². The van der Waals surface area contributed by atoms with Crippen molar-refractivity contribution in [1.82, 2.24) is 4.57 Å². The molecule has 0 radical (unpaired) electrons. The molecule has 0 fully saturated rings. The Kier molecular flexibility index (Phi) is 5.82. The summed E-state index contributed by atoms with van der Waals surface area (Å²) in [7, 11) is -6.66. The van der Waals surface area contributed by atoms with E-state index in [2.05, 4.69) is 10.0 Å². The van der Waals surface area contributed by atoms with E-state index in [1.54, 1.807) is 0 Å². The van der Waals surface area contributed by atoms with Crippen LogP contribution in [0.2, 0.25) is 0 Å². The van der Waals surface area contributed by atoms with E-state index in [4.69, 9.17) is 10.9 Å². The summed E-state index contributed by atoms with van der Waals surface area (Å²) in [6.45, 7) is 2.46. The Morgan fingerprint density at radius 1 is 1.11 bits per heavy atom. The maximum atomic E-state index is 12.7. The molecule has 148 valence electrons. The third-order valence-corrected chi connectivity index (χ3v) is 5.92. The fourth-order valence-corrected chi connectivity index (χ4v) is 4.01. The molecular weight excluding hydrogens is 394 g/mol. The van der Waals surface area contributed by atoms with Crippen molar-refractivity contribution < 1.29 is 21.6 Å². The molecule has 10 nitrogen and oxygen atoms in total. The SMILES string of the molecule is CCCNc1ccc(S(N)(=O)=O)cc1NS(=O)(=O)c1cc(C(N)=O)n(C)c1. The van der Waals surface area contributed by atoms with Crippen molar-refractivity contribution >= 4 is 37.3 Å². The molecule has 0 aliphatic heterocycles. The maximum Gasteiger partial charge on any atom is 0.265 e. The highest BCUT2D eigenvalue weighted by Crippen LogP contribution is 2.28. The number of carbonyl (C=O) groups excluding carboxylic acids is 1. The van der Waals surface area contributed by atoms with Gasteiger partial charge >= 0.3 is 0 Å². The van der Waals surface area contributed by atoms with Crippen LogP contribution in [0.5, 0.6) is 0 Å². The van der Waals surface area contributed by atoms with Crippen LogP contribution in [0, 0.1) is 0 Å². The lowest BCUT2D eigenvalue weighted by Gasteiger charge is -2.14. The van der Waals surface area contributed by atoms with Crippen LogP contribution < -0.4 is 20.9 Å². The zero-order chi connectivity index (χ0) is 20.4. The summed E-state index contributed by atoms with van der Waals surface area (Å²) < 4.78 is 52.2. The largest absolute Gasteiger partial charge is 0.383 e. The van der Waals surface area contributed by atoms with Crippen molar-refractivity contribution in [3.05, 3.63) is 36.2 Å². The lowest BCUT2D eigenvalue weighted by Crippen LogP contribution is -2.17. The molecule has 0 aliphatic rings. The summed E-state index contributed by atoms with van der Waals surface area (Å²) in [5.41, 5.74) is 5.62. The van der Waals surface area contributed by atoms with Gasteiger partial charge in [-0.25, -0.2) is 22.0 Å². The van der Waals surface area contributed by atoms with Crippen LogP contribution in [0.4, 0.5) is 11.4 Å². The molecule has 6 N–H and O–H groups in total. The quantitative estimate of drug-likeness (QED) is 0.487. The fourth-order valence-electron chi connectivity index (χ4n) is 2.33. The Hall–Kier alpha value is -2.57. The molecule has 0 unspecified atom stereocenters. The molecule has 0 saturated carbocycles. The number of aryl methyl sites for hydroxylation is 1. The minimum absolute atomic E-state index is 0.0120. The molecule has 1 amide bonds. The Balaban J connectivity index is 2.49. The Bertz CT molecular complexity index is 1070. The molecule has 1 heterocycles. The van der Waals surface area contributed by atoms with Crippen LogP contribution in [-0.4, -0.2) is 33.9 Å². The summed E-state index contributed by atoms with van der Waals surface area (Å²) in [6, 6.07) is 4.96. The van der Waals surface area contributed by atoms with Crippen LogP contribution in [0.3, 0.4) is 0 Å². The number of rotatable bonds is 8. The number of hydrogen-bond donors (Lipinski definition) is 4. The first-order valence-corrected chi connectivity index (χ1v) is 10.9. The van der Waals surface area contributed by atoms with Gasteiger partial charge in [0.25, 0.3) is 15.9 Å². The van der Waals surface area contributed by atoms with E-state index < -0.39 is 26.0 Å². The Morgan fingerprint density at radius 2 is 1.78 bits per heavy atom. The zero-order valence-corrected chi connectivity index (χ0v) is 16.4. The molecule has 1 aromatic carbocycles. The molecule has 2 aromatic rings. The number of nitrogens with two attached hydrogens (primary N) is 2. The van der Waals surface area contributed by atoms with Gasteiger partial charge in [-0.3, -0.25) is 9.52 Å². The van der Waals surface area contributed by atoms with Gasteiger partial charge in [0.15, 0.2) is 0 Å². The van der Waals surface area contributed by atoms with Crippen molar-refractivity contribution in [2.75, 3.05) is 16.6 Å². The standard InChI is InChI=1S/C15H21N5O5S2/c1-3-6-18-12-5-4-10(26(17,22)23)7-13(12)19-27(24,25)11-8-14(15(16)21)20(2)9-11/h4-5,7-9,18-19H,3,6H2,1-2H3,(H2,16,21)(H2,17,22,23). The van der Waals surface area contributed by atoms with Gasteiger partial charge in [0.1, 0.15) is 10.6 Å². The van der Waals surface area contributed by atoms with Crippen molar-refractivity contribution in [2.45, 2.75) is 23.1 Å². The Morgan fingerprint density at radius 3 is 2.30 bits per heavy atom. The normalized spacial score (nSPS) is 12.0. The highest BCUT2D eigenvalue weighted by Gasteiger charge is 2.22. The molecule has 0 aliphatic carbocycles. The average Bonchev–Trinajstić information content (AvgIpc) is 2.95. The van der Waals surface area contributed by atoms with Gasteiger partial charge in [0, 0.05) is 19.8 Å². The summed E-state index contributed by atoms with van der Waals surface area (Å²) in [4.78, 5) is 10.9. The van der Waals surface area contributed by atoms with Gasteiger partial charge in [-0.2, -0.15) is 0 Å². The number of benzene rings is 1. The molecule has 0 spiro atoms. The second-order valence-corrected chi connectivity index (χ2v) is 9.06. The van der Waals surface area contributed by atoms with Crippen molar-refractivity contribution in [1.29, 1.82) is 0 Å². The first-order valence-electron chi connectivity index (χ1n) is 7.85. The van der Waals surface area contributed by atoms with E-state index >= 15 is 0 Å². The predicted octanol–water partition coefficient (Wildman–Crippen LogP) is 0.394. The monoisotopic (exact) mass is 415 g/mol. The highest BCUT2D eigenvalue weighted by molar-refractivity contribution is 7.92. The summed E-state index contributed by atoms with van der Waals surface area (Å²) >= 11 is 0. The van der Waals surface area contributed by atoms with Crippen molar-refractivity contribution in [3.63, 3.8) is 0 Å². The van der Waals surface area contributed by atoms with E-state index in [-0.39, 0.29) is 21.2 Å². The lowest BCUT2D eigenvalue weighted by atomic mass is 10.2. The second-order valence-electron chi connectivity index (χ2n) is 5.82. The summed E-state index contributed by atoms with van der Waals surface area (Å²) in [5.74, 6) is -0.777. The smallest absolute Gasteiger partial charge is 0.265 e. The van der Waals surface area contributed by atoms with Crippen LogP contribution in [0.25, 0.3) is 0 Å². The number of carbonyl (C=O) groups is 1. The van der Waals surface area contributed by atoms with Crippen LogP contribution in [-0.2, 0) is 27.1 Å². The van der Waals surface area contributed by atoms with E-state index in [1.165, 1.54) is 29.9 Å². The number of aromatic nitrogens is 1. The third-order valence-electron chi connectivity index (χ3n) is 3.67. The molecule has 2 rings (SSSR count). The third kappa shape index (κ3) is 4.78. The van der Waals surface area contributed by atoms with Crippen LogP contribution in [0.15, 0.2) is 40.3 Å². The maximum absolute atomic E-state index is 12.7. The molecule has 1 aromatic heterocycles. The highest BCUT2D eigenvalue weighted by atomic mass is 32.2. The van der Waals surface area contributed by atoms with E-state index in [9.17, 15) is 21.6 Å². The number of hydrogen-bond acceptors (Lipinski definition) is 6. The average molecular weight is 415 g/mol. The number of sulfonamides is 2. The van der Waals surface area contributed by atoms with Gasteiger partial charge in [-0.1, -0.05) is 6.92 Å². The number of amides is 1. The molecule has 0 bridgehead atoms. The number of anilines is 2. The number of primary amides is 1. The minimum Gasteiger partial charge on any atom is -0.383 e. The van der Waals surface area contributed by atoms with Gasteiger partial charge < -0.3 is 15.6 Å². The second kappa shape index (κ2) is 7.58. The molecule has 0 atom stereocenters. The van der Waals surface area contributed by atoms with E-state index in [0.29, 0.717) is 12.2 Å². The van der Waals surface area contributed by atoms with Crippen LogP contribution >= 0.6 is 0 Å². The predicted molar refractivity (Wildman–Crippen MR) is 101 cm³/mol. The Labute approximate surface area is 157 Å². The van der Waals surface area contributed by atoms with Gasteiger partial charge in [0.2, 0.25) is 10.0 Å². The van der Waals surface area contributed by atoms with Gasteiger partial charge in [0.05, 0.1) is 16.3 Å². The molecule has 27 heavy (non-hydrogen) atoms. The van der Waals surface area contributed by atoms with Crippen molar-refractivity contribution in [3.8, 4) is 0 Å². The van der Waals surface area contributed by atoms with E-state index in [1.807, 2.05) is 6.92 Å². The zero-order valence-electron chi connectivity index (χ0n) is 14.8. The topological polar surface area (TPSA) is 166 Å². The first kappa shape index (κ1) is 20.7. The number of nitrogens with one attached hydrogen (secondary N) is 2. The molecule has 12 heteroatoms. The fraction of sp³-hybridized carbons (Fsp3) is 0.267. The summed E-state index contributed by atoms with van der Waals surface area (Å²) in [5, 5.41) is 8.14. The molecular formula is C15H21N5O5S2. The lowest BCUT2D eigenvalue weighted by molar-refractivity contribution is 0.0992. The molecule has 0 saturated heterocycles. The number of primary sulfonamides is 1. The van der Waals surface area contributed by atoms with Gasteiger partial charge in [-0.15, -0.1) is 0 Å². The first-order chi connectivity index (χ1) is 12.5. The van der Waals surface area contributed by atoms with Crippen LogP contribution in [0.1, 0.15) is 23.8 Å². The summed E-state index contributed by atoms with van der Waals surface area (Å²) in [6.07, 6.45) is 1.99. The number of nitrogens with zero attached hydrogens (tertiary/aromatic N) is 1.